The molecule has 1 rings (SSSR count). The lowest BCUT2D eigenvalue weighted by molar-refractivity contribution is -0.138. The number of aryl methyl sites for hydroxylation is 1. The minimum Gasteiger partial charge on any atom is -0.399 e. The summed E-state index contributed by atoms with van der Waals surface area (Å²) in [5.74, 6) is 0. The van der Waals surface area contributed by atoms with Crippen LogP contribution in [0, 0.1) is 0 Å². The minimum absolute atomic E-state index is 0.0341. The van der Waals surface area contributed by atoms with Crippen molar-refractivity contribution in [2.45, 2.75) is 25.4 Å². The Morgan fingerprint density at radius 2 is 1.81 bits per heavy atom. The second-order valence-electron chi connectivity index (χ2n) is 3.34. The maximum atomic E-state index is 12.5. The van der Waals surface area contributed by atoms with Gasteiger partial charge in [0.05, 0.1) is 5.56 Å². The van der Waals surface area contributed by atoms with Crippen molar-refractivity contribution in [3.05, 3.63) is 29.3 Å². The van der Waals surface area contributed by atoms with Gasteiger partial charge < -0.3 is 5.73 Å². The number of hydrogen-bond acceptors (Lipinski definition) is 1. The molecule has 0 unspecified atom stereocenters. The zero-order valence-electron chi connectivity index (χ0n) is 8.19. The fraction of sp³-hybridized carbons (Fsp3) is 0.400. The second-order valence-corrected chi connectivity index (χ2v) is 3.34. The predicted octanol–water partition coefficient (Wildman–Crippen LogP) is 3.49. The number of anilines is 1. The van der Waals surface area contributed by atoms with Crippen LogP contribution >= 0.6 is 0 Å². The van der Waals surface area contributed by atoms with E-state index in [1.165, 1.54) is 6.07 Å². The van der Waals surface area contributed by atoms with E-state index in [0.717, 1.165) is 12.1 Å². The maximum absolute atomic E-state index is 12.5. The van der Waals surface area contributed by atoms with Crippen LogP contribution in [0.5, 0.6) is 0 Å². The van der Waals surface area contributed by atoms with Crippen LogP contribution in [0.25, 0.3) is 0 Å². The average molecular weight is 239 g/mol. The van der Waals surface area contributed by atoms with E-state index < -0.39 is 24.6 Å². The molecule has 0 aliphatic rings. The quantitative estimate of drug-likeness (QED) is 0.634. The number of nitrogen functional groups attached to an aromatic ring is 1. The molecule has 0 saturated carbocycles. The lowest BCUT2D eigenvalue weighted by atomic mass is 10.0. The number of halogens is 5. The molecule has 6 heteroatoms. The van der Waals surface area contributed by atoms with Crippen molar-refractivity contribution in [2.24, 2.45) is 0 Å². The van der Waals surface area contributed by atoms with Crippen molar-refractivity contribution in [1.29, 1.82) is 0 Å². The smallest absolute Gasteiger partial charge is 0.399 e. The summed E-state index contributed by atoms with van der Waals surface area (Å²) in [7, 11) is 0. The Hall–Kier alpha value is -1.33. The third-order valence-corrected chi connectivity index (χ3v) is 2.07. The Morgan fingerprint density at radius 1 is 1.19 bits per heavy atom. The van der Waals surface area contributed by atoms with Crippen molar-refractivity contribution in [2.75, 3.05) is 5.73 Å². The van der Waals surface area contributed by atoms with E-state index in [1.807, 2.05) is 0 Å². The van der Waals surface area contributed by atoms with E-state index in [1.54, 1.807) is 0 Å². The zero-order valence-corrected chi connectivity index (χ0v) is 8.19. The highest BCUT2D eigenvalue weighted by Gasteiger charge is 2.33. The van der Waals surface area contributed by atoms with Crippen molar-refractivity contribution in [3.63, 3.8) is 0 Å². The summed E-state index contributed by atoms with van der Waals surface area (Å²) < 4.78 is 61.4. The molecule has 90 valence electrons. The van der Waals surface area contributed by atoms with E-state index >= 15 is 0 Å². The largest absolute Gasteiger partial charge is 0.416 e. The first-order valence-corrected chi connectivity index (χ1v) is 4.54. The maximum Gasteiger partial charge on any atom is 0.416 e. The fourth-order valence-corrected chi connectivity index (χ4v) is 1.34. The molecular formula is C10H10F5N. The van der Waals surface area contributed by atoms with Gasteiger partial charge in [-0.05, 0) is 24.1 Å². The van der Waals surface area contributed by atoms with Crippen LogP contribution in [0.4, 0.5) is 27.6 Å². The van der Waals surface area contributed by atoms with Crippen LogP contribution in [0.3, 0.4) is 0 Å². The third-order valence-electron chi connectivity index (χ3n) is 2.07. The fourth-order valence-electron chi connectivity index (χ4n) is 1.34. The summed E-state index contributed by atoms with van der Waals surface area (Å²) in [5, 5.41) is 0. The molecule has 2 N–H and O–H groups in total. The van der Waals surface area contributed by atoms with Gasteiger partial charge in [0.2, 0.25) is 6.43 Å². The molecule has 0 aliphatic carbocycles. The van der Waals surface area contributed by atoms with Crippen molar-refractivity contribution in [1.82, 2.24) is 0 Å². The molecule has 16 heavy (non-hydrogen) atoms. The zero-order chi connectivity index (χ0) is 12.3. The highest BCUT2D eigenvalue weighted by Crippen LogP contribution is 2.34. The molecule has 0 amide bonds. The lowest BCUT2D eigenvalue weighted by Crippen LogP contribution is -2.10. The molecule has 0 atom stereocenters. The van der Waals surface area contributed by atoms with Crippen LogP contribution in [0.2, 0.25) is 0 Å². The number of benzene rings is 1. The Kier molecular flexibility index (Phi) is 3.72. The first kappa shape index (κ1) is 12.7. The van der Waals surface area contributed by atoms with Gasteiger partial charge in [-0.2, -0.15) is 13.2 Å². The van der Waals surface area contributed by atoms with Gasteiger partial charge in [-0.1, -0.05) is 6.07 Å². The van der Waals surface area contributed by atoms with Gasteiger partial charge >= 0.3 is 6.18 Å². The number of nitrogens with two attached hydrogens (primary N) is 1. The highest BCUT2D eigenvalue weighted by molar-refractivity contribution is 5.46. The number of alkyl halides is 5. The minimum atomic E-state index is -4.56. The normalized spacial score (nSPS) is 12.1. The van der Waals surface area contributed by atoms with E-state index in [-0.39, 0.29) is 17.7 Å². The van der Waals surface area contributed by atoms with Gasteiger partial charge in [0.25, 0.3) is 0 Å². The summed E-state index contributed by atoms with van der Waals surface area (Å²) in [6.07, 6.45) is -8.08. The summed E-state index contributed by atoms with van der Waals surface area (Å²) in [5.41, 5.74) is 4.11. The molecule has 0 fully saturated rings. The summed E-state index contributed by atoms with van der Waals surface area (Å²) in [6, 6.07) is 3.18. The molecule has 0 aromatic heterocycles. The molecule has 0 radical (unpaired) electrons. The molecule has 1 nitrogen and oxygen atoms in total. The number of rotatable bonds is 3. The topological polar surface area (TPSA) is 26.0 Å². The van der Waals surface area contributed by atoms with E-state index in [0.29, 0.717) is 0 Å². The summed E-state index contributed by atoms with van der Waals surface area (Å²) in [4.78, 5) is 0. The molecule has 0 heterocycles. The summed E-state index contributed by atoms with van der Waals surface area (Å²) in [6.45, 7) is 0. The van der Waals surface area contributed by atoms with Crippen LogP contribution in [0.1, 0.15) is 17.5 Å². The molecule has 1 aromatic carbocycles. The summed E-state index contributed by atoms with van der Waals surface area (Å²) >= 11 is 0. The van der Waals surface area contributed by atoms with Crippen LogP contribution in [-0.4, -0.2) is 6.43 Å². The van der Waals surface area contributed by atoms with Gasteiger partial charge in [-0.3, -0.25) is 0 Å². The average Bonchev–Trinajstić information content (AvgIpc) is 2.14. The Balaban J connectivity index is 2.99. The van der Waals surface area contributed by atoms with Crippen molar-refractivity contribution >= 4 is 5.69 Å². The monoisotopic (exact) mass is 239 g/mol. The highest BCUT2D eigenvalue weighted by atomic mass is 19.4. The standard InChI is InChI=1S/C10H10F5N/c11-9(12)4-2-6-1-3-7(16)5-8(6)10(13,14)15/h1,3,5,9H,2,4,16H2. The first-order valence-electron chi connectivity index (χ1n) is 4.54. The molecular weight excluding hydrogens is 229 g/mol. The van der Waals surface area contributed by atoms with Gasteiger partial charge in [0.1, 0.15) is 0 Å². The SMILES string of the molecule is Nc1ccc(CCC(F)F)c(C(F)(F)F)c1. The number of hydrogen-bond donors (Lipinski definition) is 1. The molecule has 0 spiro atoms. The Bertz CT molecular complexity index is 359. The lowest BCUT2D eigenvalue weighted by Gasteiger charge is -2.13. The van der Waals surface area contributed by atoms with E-state index in [2.05, 4.69) is 0 Å². The predicted molar refractivity (Wildman–Crippen MR) is 50.2 cm³/mol. The van der Waals surface area contributed by atoms with E-state index in [4.69, 9.17) is 5.73 Å². The molecule has 0 bridgehead atoms. The first-order chi connectivity index (χ1) is 7.30. The second kappa shape index (κ2) is 4.67. The van der Waals surface area contributed by atoms with Gasteiger partial charge in [0, 0.05) is 12.1 Å². The van der Waals surface area contributed by atoms with E-state index in [9.17, 15) is 22.0 Å². The van der Waals surface area contributed by atoms with Crippen LogP contribution < -0.4 is 5.73 Å². The third kappa shape index (κ3) is 3.36. The van der Waals surface area contributed by atoms with Gasteiger partial charge in [-0.15, -0.1) is 0 Å². The molecule has 0 aliphatic heterocycles. The van der Waals surface area contributed by atoms with Crippen LogP contribution in [0.15, 0.2) is 18.2 Å². The van der Waals surface area contributed by atoms with Gasteiger partial charge in [0.15, 0.2) is 0 Å². The van der Waals surface area contributed by atoms with Gasteiger partial charge in [-0.25, -0.2) is 8.78 Å². The van der Waals surface area contributed by atoms with Crippen LogP contribution in [-0.2, 0) is 12.6 Å². The Labute approximate surface area is 89.1 Å². The molecule has 1 aromatic rings. The van der Waals surface area contributed by atoms with Crippen molar-refractivity contribution in [3.8, 4) is 0 Å². The molecule has 0 saturated heterocycles. The van der Waals surface area contributed by atoms with Crippen molar-refractivity contribution < 1.29 is 22.0 Å². The Morgan fingerprint density at radius 3 is 2.31 bits per heavy atom.